The number of likely N-dealkylation sites (N-methyl/N-ethyl adjacent to an activating group) is 1. The van der Waals surface area contributed by atoms with Crippen LogP contribution in [0.2, 0.25) is 5.02 Å². The maximum absolute atomic E-state index is 12.9. The van der Waals surface area contributed by atoms with Crippen LogP contribution >= 0.6 is 11.6 Å². The normalized spacial score (nSPS) is 12.1. The van der Waals surface area contributed by atoms with E-state index < -0.39 is 15.8 Å². The van der Waals surface area contributed by atoms with Crippen molar-refractivity contribution in [3.63, 3.8) is 0 Å². The summed E-state index contributed by atoms with van der Waals surface area (Å²) in [5.74, 6) is -0.638. The lowest BCUT2D eigenvalue weighted by Gasteiger charge is -2.14. The molecule has 1 rings (SSSR count). The molecule has 0 saturated heterocycles. The molecule has 1 aromatic carbocycles. The largest absolute Gasteiger partial charge is 0.305 e. The van der Waals surface area contributed by atoms with Crippen LogP contribution in [0, 0.1) is 5.82 Å². The second-order valence-corrected chi connectivity index (χ2v) is 6.04. The van der Waals surface area contributed by atoms with Gasteiger partial charge in [0.25, 0.3) is 0 Å². The van der Waals surface area contributed by atoms with E-state index >= 15 is 0 Å². The Morgan fingerprint density at radius 3 is 2.67 bits per heavy atom. The Morgan fingerprint density at radius 2 is 2.11 bits per heavy atom. The third kappa shape index (κ3) is 4.20. The molecule has 1 N–H and O–H groups in total. The molecule has 4 nitrogen and oxygen atoms in total. The highest BCUT2D eigenvalue weighted by molar-refractivity contribution is 7.89. The fraction of sp³-hybridized carbons (Fsp3) is 0.455. The highest BCUT2D eigenvalue weighted by atomic mass is 35.5. The number of benzene rings is 1. The van der Waals surface area contributed by atoms with E-state index in [9.17, 15) is 12.8 Å². The summed E-state index contributed by atoms with van der Waals surface area (Å²) in [6.07, 6.45) is 0. The quantitative estimate of drug-likeness (QED) is 0.869. The van der Waals surface area contributed by atoms with Gasteiger partial charge in [-0.25, -0.2) is 17.5 Å². The standard InChI is InChI=1S/C11H16ClFN2O2S/c1-3-15(2)7-6-14-18(16,17)9-4-5-11(13)10(12)8-9/h4-5,8,14H,3,6-7H2,1-2H3. The molecule has 0 spiro atoms. The van der Waals surface area contributed by atoms with Gasteiger partial charge in [0.15, 0.2) is 0 Å². The average molecular weight is 295 g/mol. The lowest BCUT2D eigenvalue weighted by Crippen LogP contribution is -2.32. The van der Waals surface area contributed by atoms with E-state index in [1.165, 1.54) is 6.07 Å². The topological polar surface area (TPSA) is 49.4 Å². The molecular formula is C11H16ClFN2O2S. The summed E-state index contributed by atoms with van der Waals surface area (Å²) >= 11 is 5.55. The van der Waals surface area contributed by atoms with Crippen molar-refractivity contribution >= 4 is 21.6 Å². The molecule has 0 aliphatic heterocycles. The molecule has 0 radical (unpaired) electrons. The van der Waals surface area contributed by atoms with Gasteiger partial charge in [0.1, 0.15) is 5.82 Å². The molecule has 0 heterocycles. The second kappa shape index (κ2) is 6.47. The van der Waals surface area contributed by atoms with Crippen LogP contribution in [0.1, 0.15) is 6.92 Å². The zero-order chi connectivity index (χ0) is 13.8. The Hall–Kier alpha value is -0.690. The van der Waals surface area contributed by atoms with Crippen molar-refractivity contribution in [3.05, 3.63) is 29.0 Å². The van der Waals surface area contributed by atoms with Crippen molar-refractivity contribution in [1.82, 2.24) is 9.62 Å². The lowest BCUT2D eigenvalue weighted by molar-refractivity contribution is 0.358. The Balaban J connectivity index is 2.71. The molecular weight excluding hydrogens is 279 g/mol. The number of rotatable bonds is 6. The number of nitrogens with one attached hydrogen (secondary N) is 1. The first-order chi connectivity index (χ1) is 8.36. The van der Waals surface area contributed by atoms with Gasteiger partial charge in [-0.15, -0.1) is 0 Å². The molecule has 0 aromatic heterocycles. The minimum absolute atomic E-state index is 0.0342. The maximum Gasteiger partial charge on any atom is 0.240 e. The molecule has 7 heteroatoms. The van der Waals surface area contributed by atoms with E-state index in [1.54, 1.807) is 0 Å². The van der Waals surface area contributed by atoms with Gasteiger partial charge in [-0.2, -0.15) is 0 Å². The molecule has 1 aromatic rings. The van der Waals surface area contributed by atoms with E-state index in [0.29, 0.717) is 13.1 Å². The summed E-state index contributed by atoms with van der Waals surface area (Å²) in [6, 6.07) is 3.32. The summed E-state index contributed by atoms with van der Waals surface area (Å²) < 4.78 is 39.1. The van der Waals surface area contributed by atoms with Crippen molar-refractivity contribution in [1.29, 1.82) is 0 Å². The van der Waals surface area contributed by atoms with Crippen LogP contribution in [0.5, 0.6) is 0 Å². The first-order valence-electron chi connectivity index (χ1n) is 5.50. The molecule has 0 aliphatic rings. The number of sulfonamides is 1. The molecule has 0 amide bonds. The highest BCUT2D eigenvalue weighted by Crippen LogP contribution is 2.19. The Morgan fingerprint density at radius 1 is 1.44 bits per heavy atom. The summed E-state index contributed by atoms with van der Waals surface area (Å²) in [5.41, 5.74) is 0. The van der Waals surface area contributed by atoms with Gasteiger partial charge in [-0.1, -0.05) is 18.5 Å². The Kier molecular flexibility index (Phi) is 5.52. The third-order valence-corrected chi connectivity index (χ3v) is 4.28. The maximum atomic E-state index is 12.9. The third-order valence-electron chi connectivity index (χ3n) is 2.53. The van der Waals surface area contributed by atoms with Gasteiger partial charge >= 0.3 is 0 Å². The minimum atomic E-state index is -3.63. The van der Waals surface area contributed by atoms with Gasteiger partial charge in [0.2, 0.25) is 10.0 Å². The predicted octanol–water partition coefficient (Wildman–Crippen LogP) is 1.71. The van der Waals surface area contributed by atoms with Crippen LogP contribution in [-0.2, 0) is 10.0 Å². The molecule has 0 unspecified atom stereocenters. The molecule has 0 bridgehead atoms. The Labute approximate surface area is 112 Å². The fourth-order valence-electron chi connectivity index (χ4n) is 1.26. The predicted molar refractivity (Wildman–Crippen MR) is 69.8 cm³/mol. The first-order valence-corrected chi connectivity index (χ1v) is 7.36. The van der Waals surface area contributed by atoms with Crippen LogP contribution in [0.3, 0.4) is 0 Å². The van der Waals surface area contributed by atoms with Crippen molar-refractivity contribution < 1.29 is 12.8 Å². The first kappa shape index (κ1) is 15.4. The van der Waals surface area contributed by atoms with Gasteiger partial charge < -0.3 is 4.90 Å². The van der Waals surface area contributed by atoms with Crippen LogP contribution in [0.15, 0.2) is 23.1 Å². The van der Waals surface area contributed by atoms with Crippen molar-refractivity contribution in [2.24, 2.45) is 0 Å². The SMILES string of the molecule is CCN(C)CCNS(=O)(=O)c1ccc(F)c(Cl)c1. The van der Waals surface area contributed by atoms with Crippen molar-refractivity contribution in [2.45, 2.75) is 11.8 Å². The number of hydrogen-bond acceptors (Lipinski definition) is 3. The molecule has 0 aliphatic carbocycles. The van der Waals surface area contributed by atoms with E-state index in [-0.39, 0.29) is 9.92 Å². The van der Waals surface area contributed by atoms with Crippen LogP contribution in [0.4, 0.5) is 4.39 Å². The minimum Gasteiger partial charge on any atom is -0.305 e. The smallest absolute Gasteiger partial charge is 0.240 e. The molecule has 0 saturated carbocycles. The molecule has 102 valence electrons. The zero-order valence-electron chi connectivity index (χ0n) is 10.3. The Bertz CT molecular complexity index is 508. The van der Waals surface area contributed by atoms with Gasteiger partial charge in [-0.3, -0.25) is 0 Å². The zero-order valence-corrected chi connectivity index (χ0v) is 11.9. The van der Waals surface area contributed by atoms with E-state index in [0.717, 1.165) is 18.7 Å². The van der Waals surface area contributed by atoms with Crippen LogP contribution < -0.4 is 4.72 Å². The highest BCUT2D eigenvalue weighted by Gasteiger charge is 2.15. The van der Waals surface area contributed by atoms with E-state index in [2.05, 4.69) is 4.72 Å². The number of halogens is 2. The molecule has 18 heavy (non-hydrogen) atoms. The summed E-state index contributed by atoms with van der Waals surface area (Å²) in [7, 11) is -1.74. The summed E-state index contributed by atoms with van der Waals surface area (Å²) in [6.45, 7) is 3.71. The molecule has 0 atom stereocenters. The van der Waals surface area contributed by atoms with Crippen molar-refractivity contribution in [2.75, 3.05) is 26.7 Å². The van der Waals surface area contributed by atoms with Gasteiger partial charge in [0.05, 0.1) is 9.92 Å². The van der Waals surface area contributed by atoms with E-state index in [4.69, 9.17) is 11.6 Å². The summed E-state index contributed by atoms with van der Waals surface area (Å²) in [5, 5.41) is -0.205. The van der Waals surface area contributed by atoms with Crippen molar-refractivity contribution in [3.8, 4) is 0 Å². The van der Waals surface area contributed by atoms with Gasteiger partial charge in [-0.05, 0) is 31.8 Å². The average Bonchev–Trinajstić information content (AvgIpc) is 2.32. The summed E-state index contributed by atoms with van der Waals surface area (Å²) in [4.78, 5) is 1.94. The number of nitrogens with zero attached hydrogens (tertiary/aromatic N) is 1. The number of hydrogen-bond donors (Lipinski definition) is 1. The fourth-order valence-corrected chi connectivity index (χ4v) is 2.55. The molecule has 0 fully saturated rings. The second-order valence-electron chi connectivity index (χ2n) is 3.87. The van der Waals surface area contributed by atoms with Gasteiger partial charge in [0, 0.05) is 13.1 Å². The van der Waals surface area contributed by atoms with E-state index in [1.807, 2.05) is 18.9 Å². The monoisotopic (exact) mass is 294 g/mol. The lowest BCUT2D eigenvalue weighted by atomic mass is 10.3. The van der Waals surface area contributed by atoms with Crippen LogP contribution in [0.25, 0.3) is 0 Å². The van der Waals surface area contributed by atoms with Crippen LogP contribution in [-0.4, -0.2) is 40.0 Å².